The van der Waals surface area contributed by atoms with Gasteiger partial charge in [0.25, 0.3) is 0 Å². The molecule has 0 saturated carbocycles. The molecule has 7 heteroatoms. The van der Waals surface area contributed by atoms with Crippen LogP contribution in [-0.4, -0.2) is 29.9 Å². The SMILES string of the molecule is CCc1ccc(C(=O)[C@@H](C)OC(=O)c2ccc(OC)c([N+](=O)[O-])c2)cc1. The van der Waals surface area contributed by atoms with Gasteiger partial charge < -0.3 is 9.47 Å². The van der Waals surface area contributed by atoms with E-state index in [1.165, 1.54) is 26.2 Å². The number of aryl methyl sites for hydroxylation is 1. The summed E-state index contributed by atoms with van der Waals surface area (Å²) in [5.41, 5.74) is 1.15. The lowest BCUT2D eigenvalue weighted by Gasteiger charge is -2.13. The van der Waals surface area contributed by atoms with Crippen molar-refractivity contribution < 1.29 is 24.0 Å². The molecule has 0 radical (unpaired) electrons. The number of carbonyl (C=O) groups is 2. The van der Waals surface area contributed by atoms with Gasteiger partial charge in [0.1, 0.15) is 0 Å². The number of methoxy groups -OCH3 is 1. The third kappa shape index (κ3) is 4.24. The normalized spacial score (nSPS) is 11.5. The molecular formula is C19H19NO6. The lowest BCUT2D eigenvalue weighted by molar-refractivity contribution is -0.385. The molecule has 0 aliphatic carbocycles. The maximum atomic E-state index is 12.4. The number of nitrogens with zero attached hydrogens (tertiary/aromatic N) is 1. The molecule has 0 bridgehead atoms. The van der Waals surface area contributed by atoms with Gasteiger partial charge in [0.15, 0.2) is 11.9 Å². The fourth-order valence-electron chi connectivity index (χ4n) is 2.38. The Labute approximate surface area is 150 Å². The first-order chi connectivity index (χ1) is 12.4. The van der Waals surface area contributed by atoms with Crippen LogP contribution in [-0.2, 0) is 11.2 Å². The molecular weight excluding hydrogens is 338 g/mol. The molecule has 26 heavy (non-hydrogen) atoms. The van der Waals surface area contributed by atoms with Crippen molar-refractivity contribution in [2.75, 3.05) is 7.11 Å². The monoisotopic (exact) mass is 357 g/mol. The highest BCUT2D eigenvalue weighted by molar-refractivity contribution is 6.01. The highest BCUT2D eigenvalue weighted by Gasteiger charge is 2.23. The van der Waals surface area contributed by atoms with Gasteiger partial charge in [0.05, 0.1) is 17.6 Å². The van der Waals surface area contributed by atoms with Crippen molar-refractivity contribution in [3.8, 4) is 5.75 Å². The second-order valence-corrected chi connectivity index (χ2v) is 5.61. The van der Waals surface area contributed by atoms with Crippen LogP contribution in [0.5, 0.6) is 5.75 Å². The Balaban J connectivity index is 2.14. The molecule has 0 amide bonds. The van der Waals surface area contributed by atoms with Crippen molar-refractivity contribution in [3.63, 3.8) is 0 Å². The van der Waals surface area contributed by atoms with E-state index in [1.807, 2.05) is 19.1 Å². The highest BCUT2D eigenvalue weighted by atomic mass is 16.6. The lowest BCUT2D eigenvalue weighted by atomic mass is 10.0. The topological polar surface area (TPSA) is 95.7 Å². The van der Waals surface area contributed by atoms with Gasteiger partial charge in [-0.1, -0.05) is 31.2 Å². The first-order valence-corrected chi connectivity index (χ1v) is 8.04. The molecule has 2 aromatic carbocycles. The fraction of sp³-hybridized carbons (Fsp3) is 0.263. The van der Waals surface area contributed by atoms with Crippen LogP contribution in [0.15, 0.2) is 42.5 Å². The number of Topliss-reactive ketones (excluding diaryl/α,β-unsaturated/α-hetero) is 1. The minimum absolute atomic E-state index is 0.0292. The first-order valence-electron chi connectivity index (χ1n) is 8.04. The third-order valence-corrected chi connectivity index (χ3v) is 3.91. The summed E-state index contributed by atoms with van der Waals surface area (Å²) in [6.07, 6.45) is -0.161. The van der Waals surface area contributed by atoms with E-state index in [9.17, 15) is 19.7 Å². The molecule has 2 aromatic rings. The van der Waals surface area contributed by atoms with E-state index in [0.29, 0.717) is 5.56 Å². The van der Waals surface area contributed by atoms with E-state index >= 15 is 0 Å². The molecule has 0 aliphatic heterocycles. The number of hydrogen-bond acceptors (Lipinski definition) is 6. The molecule has 7 nitrogen and oxygen atoms in total. The average Bonchev–Trinajstić information content (AvgIpc) is 2.66. The molecule has 1 atom stereocenters. The molecule has 0 N–H and O–H groups in total. The maximum Gasteiger partial charge on any atom is 0.339 e. The van der Waals surface area contributed by atoms with Gasteiger partial charge in [-0.3, -0.25) is 14.9 Å². The Morgan fingerprint density at radius 3 is 2.27 bits per heavy atom. The van der Waals surface area contributed by atoms with Gasteiger partial charge in [-0.25, -0.2) is 4.79 Å². The van der Waals surface area contributed by atoms with E-state index in [2.05, 4.69) is 0 Å². The smallest absolute Gasteiger partial charge is 0.339 e. The fourth-order valence-corrected chi connectivity index (χ4v) is 2.38. The van der Waals surface area contributed by atoms with Gasteiger partial charge in [0, 0.05) is 11.6 Å². The minimum Gasteiger partial charge on any atom is -0.490 e. The molecule has 0 unspecified atom stereocenters. The second kappa shape index (κ2) is 8.24. The lowest BCUT2D eigenvalue weighted by Crippen LogP contribution is -2.24. The molecule has 136 valence electrons. The number of benzene rings is 2. The predicted octanol–water partition coefficient (Wildman–Crippen LogP) is 3.59. The Bertz CT molecular complexity index is 828. The van der Waals surface area contributed by atoms with Crippen molar-refractivity contribution in [2.45, 2.75) is 26.4 Å². The number of hydrogen-bond donors (Lipinski definition) is 0. The number of nitro groups is 1. The summed E-state index contributed by atoms with van der Waals surface area (Å²) in [6.45, 7) is 3.47. The Morgan fingerprint density at radius 1 is 1.12 bits per heavy atom. The summed E-state index contributed by atoms with van der Waals surface area (Å²) in [7, 11) is 1.30. The van der Waals surface area contributed by atoms with Crippen LogP contribution >= 0.6 is 0 Å². The van der Waals surface area contributed by atoms with Crippen molar-refractivity contribution in [1.82, 2.24) is 0 Å². The zero-order chi connectivity index (χ0) is 19.3. The average molecular weight is 357 g/mol. The van der Waals surface area contributed by atoms with Gasteiger partial charge in [-0.15, -0.1) is 0 Å². The first kappa shape index (κ1) is 19.1. The standard InChI is InChI=1S/C19H19NO6/c1-4-13-5-7-14(8-6-13)18(21)12(2)26-19(22)15-9-10-17(25-3)16(11-15)20(23)24/h5-12H,4H2,1-3H3/t12-/m1/s1. The number of rotatable bonds is 7. The van der Waals surface area contributed by atoms with Gasteiger partial charge >= 0.3 is 11.7 Å². The number of carbonyl (C=O) groups excluding carboxylic acids is 2. The van der Waals surface area contributed by atoms with Crippen LogP contribution in [0.1, 0.15) is 40.1 Å². The van der Waals surface area contributed by atoms with Gasteiger partial charge in [0.2, 0.25) is 5.78 Å². The van der Waals surface area contributed by atoms with E-state index in [-0.39, 0.29) is 22.8 Å². The van der Waals surface area contributed by atoms with Crippen LogP contribution in [0.3, 0.4) is 0 Å². The van der Waals surface area contributed by atoms with Crippen molar-refractivity contribution in [1.29, 1.82) is 0 Å². The number of ether oxygens (including phenoxy) is 2. The molecule has 0 saturated heterocycles. The number of nitro benzene ring substituents is 1. The zero-order valence-corrected chi connectivity index (χ0v) is 14.7. The molecule has 0 fully saturated rings. The Hall–Kier alpha value is -3.22. The number of esters is 1. The predicted molar refractivity (Wildman–Crippen MR) is 94.7 cm³/mol. The highest BCUT2D eigenvalue weighted by Crippen LogP contribution is 2.28. The summed E-state index contributed by atoms with van der Waals surface area (Å²) in [5, 5.41) is 11.0. The molecule has 0 spiro atoms. The van der Waals surface area contributed by atoms with Gasteiger partial charge in [-0.05, 0) is 31.0 Å². The summed E-state index contributed by atoms with van der Waals surface area (Å²) >= 11 is 0. The molecule has 2 rings (SSSR count). The Morgan fingerprint density at radius 2 is 1.73 bits per heavy atom. The summed E-state index contributed by atoms with van der Waals surface area (Å²) in [5.74, 6) is -1.13. The zero-order valence-electron chi connectivity index (χ0n) is 14.7. The molecule has 0 aromatic heterocycles. The molecule has 0 aliphatic rings. The largest absolute Gasteiger partial charge is 0.490 e. The Kier molecular flexibility index (Phi) is 6.06. The number of ketones is 1. The summed E-state index contributed by atoms with van der Waals surface area (Å²) in [6, 6.07) is 10.8. The van der Waals surface area contributed by atoms with E-state index in [0.717, 1.165) is 18.1 Å². The van der Waals surface area contributed by atoms with Crippen LogP contribution in [0.25, 0.3) is 0 Å². The quantitative estimate of drug-likeness (QED) is 0.325. The summed E-state index contributed by atoms with van der Waals surface area (Å²) in [4.78, 5) is 35.0. The maximum absolute atomic E-state index is 12.4. The summed E-state index contributed by atoms with van der Waals surface area (Å²) < 4.78 is 10.1. The van der Waals surface area contributed by atoms with E-state index in [4.69, 9.17) is 9.47 Å². The van der Waals surface area contributed by atoms with E-state index < -0.39 is 17.0 Å². The van der Waals surface area contributed by atoms with Crippen molar-refractivity contribution in [2.24, 2.45) is 0 Å². The van der Waals surface area contributed by atoms with Crippen molar-refractivity contribution in [3.05, 3.63) is 69.3 Å². The van der Waals surface area contributed by atoms with Crippen LogP contribution in [0.2, 0.25) is 0 Å². The van der Waals surface area contributed by atoms with Crippen LogP contribution in [0.4, 0.5) is 5.69 Å². The molecule has 0 heterocycles. The van der Waals surface area contributed by atoms with Crippen LogP contribution in [0, 0.1) is 10.1 Å². The minimum atomic E-state index is -1.02. The van der Waals surface area contributed by atoms with E-state index in [1.54, 1.807) is 12.1 Å². The van der Waals surface area contributed by atoms with Crippen molar-refractivity contribution >= 4 is 17.4 Å². The van der Waals surface area contributed by atoms with Crippen LogP contribution < -0.4 is 4.74 Å². The second-order valence-electron chi connectivity index (χ2n) is 5.61. The third-order valence-electron chi connectivity index (χ3n) is 3.91. The van der Waals surface area contributed by atoms with Gasteiger partial charge in [-0.2, -0.15) is 0 Å².